The minimum Gasteiger partial charge on any atom is -0.481 e. The van der Waals surface area contributed by atoms with Crippen molar-refractivity contribution < 1.29 is 14.7 Å². The van der Waals surface area contributed by atoms with E-state index in [1.54, 1.807) is 35.0 Å². The smallest absolute Gasteiger partial charge is 0.304 e. The van der Waals surface area contributed by atoms with Gasteiger partial charge < -0.3 is 10.4 Å². The molecule has 1 heterocycles. The molecule has 7 nitrogen and oxygen atoms in total. The summed E-state index contributed by atoms with van der Waals surface area (Å²) >= 11 is 6.15. The van der Waals surface area contributed by atoms with Gasteiger partial charge in [0.2, 0.25) is 5.91 Å². The fraction of sp³-hybridized carbons (Fsp3) is 0.312. The van der Waals surface area contributed by atoms with E-state index in [0.29, 0.717) is 23.9 Å². The molecule has 0 aliphatic carbocycles. The van der Waals surface area contributed by atoms with E-state index >= 15 is 0 Å². The first-order chi connectivity index (χ1) is 11.5. The Balaban J connectivity index is 1.94. The Hall–Kier alpha value is -2.38. The summed E-state index contributed by atoms with van der Waals surface area (Å²) in [4.78, 5) is 24.3. The number of carbonyl (C=O) groups excluding carboxylic acids is 1. The zero-order chi connectivity index (χ0) is 17.5. The summed E-state index contributed by atoms with van der Waals surface area (Å²) in [5, 5.41) is 16.3. The first-order valence-electron chi connectivity index (χ1n) is 7.41. The lowest BCUT2D eigenvalue weighted by Crippen LogP contribution is -2.32. The molecule has 24 heavy (non-hydrogen) atoms. The van der Waals surface area contributed by atoms with Crippen LogP contribution in [-0.4, -0.2) is 51.8 Å². The zero-order valence-corrected chi connectivity index (χ0v) is 14.0. The Morgan fingerprint density at radius 1 is 1.33 bits per heavy atom. The second kappa shape index (κ2) is 8.47. The number of benzene rings is 1. The molecule has 0 fully saturated rings. The number of aliphatic carboxylic acids is 1. The van der Waals surface area contributed by atoms with Gasteiger partial charge >= 0.3 is 5.97 Å². The van der Waals surface area contributed by atoms with Crippen LogP contribution in [0.4, 0.5) is 5.82 Å². The highest BCUT2D eigenvalue weighted by molar-refractivity contribution is 6.31. The maximum atomic E-state index is 12.1. The third-order valence-corrected chi connectivity index (χ3v) is 3.75. The average molecular weight is 351 g/mol. The van der Waals surface area contributed by atoms with Gasteiger partial charge in [-0.1, -0.05) is 29.8 Å². The quantitative estimate of drug-likeness (QED) is 0.759. The molecular formula is C16H19ClN4O3. The second-order valence-corrected chi connectivity index (χ2v) is 5.80. The molecule has 8 heteroatoms. The van der Waals surface area contributed by atoms with Crippen molar-refractivity contribution in [2.45, 2.75) is 13.0 Å². The lowest BCUT2D eigenvalue weighted by molar-refractivity contribution is -0.137. The molecule has 128 valence electrons. The number of aromatic nitrogens is 2. The molecule has 2 N–H and O–H groups in total. The third-order valence-electron chi connectivity index (χ3n) is 3.38. The summed E-state index contributed by atoms with van der Waals surface area (Å²) in [7, 11) is 1.70. The van der Waals surface area contributed by atoms with Crippen LogP contribution in [-0.2, 0) is 16.1 Å². The van der Waals surface area contributed by atoms with Crippen LogP contribution in [0.1, 0.15) is 12.0 Å². The lowest BCUT2D eigenvalue weighted by Gasteiger charge is -2.15. The molecule has 1 aromatic heterocycles. The monoisotopic (exact) mass is 350 g/mol. The van der Waals surface area contributed by atoms with Crippen molar-refractivity contribution in [3.63, 3.8) is 0 Å². The summed E-state index contributed by atoms with van der Waals surface area (Å²) in [6.45, 7) is 0.851. The fourth-order valence-electron chi connectivity index (χ4n) is 2.15. The van der Waals surface area contributed by atoms with Crippen molar-refractivity contribution in [3.8, 4) is 0 Å². The number of halogens is 1. The second-order valence-electron chi connectivity index (χ2n) is 5.40. The molecule has 0 radical (unpaired) electrons. The van der Waals surface area contributed by atoms with Crippen molar-refractivity contribution in [1.29, 1.82) is 0 Å². The minimum absolute atomic E-state index is 0.00574. The number of anilines is 1. The van der Waals surface area contributed by atoms with Crippen LogP contribution < -0.4 is 5.32 Å². The number of hydrogen-bond acceptors (Lipinski definition) is 4. The summed E-state index contributed by atoms with van der Waals surface area (Å²) in [6.07, 6.45) is 1.59. The Labute approximate surface area is 144 Å². The molecule has 0 saturated carbocycles. The first kappa shape index (κ1) is 18.0. The normalized spacial score (nSPS) is 10.8. The van der Waals surface area contributed by atoms with Gasteiger partial charge in [-0.3, -0.25) is 14.5 Å². The highest BCUT2D eigenvalue weighted by atomic mass is 35.5. The molecule has 1 amide bonds. The van der Waals surface area contributed by atoms with Gasteiger partial charge in [0, 0.05) is 17.6 Å². The van der Waals surface area contributed by atoms with Crippen LogP contribution in [0.15, 0.2) is 36.5 Å². The molecule has 0 spiro atoms. The Kier molecular flexibility index (Phi) is 6.34. The van der Waals surface area contributed by atoms with Crippen LogP contribution in [0.3, 0.4) is 0 Å². The standard InChI is InChI=1S/C16H19ClN4O3/c1-20(9-7-16(23)24)11-15(22)19-14-6-8-18-21(14)10-12-4-2-3-5-13(12)17/h2-6,8H,7,9-11H2,1H3,(H,19,22)(H,23,24). The Morgan fingerprint density at radius 3 is 2.79 bits per heavy atom. The number of carbonyl (C=O) groups is 2. The van der Waals surface area contributed by atoms with Crippen molar-refractivity contribution in [2.24, 2.45) is 0 Å². The lowest BCUT2D eigenvalue weighted by atomic mass is 10.2. The number of nitrogens with one attached hydrogen (secondary N) is 1. The first-order valence-corrected chi connectivity index (χ1v) is 7.79. The van der Waals surface area contributed by atoms with Gasteiger partial charge in [-0.25, -0.2) is 4.68 Å². The maximum Gasteiger partial charge on any atom is 0.304 e. The van der Waals surface area contributed by atoms with Crippen LogP contribution in [0.2, 0.25) is 5.02 Å². The van der Waals surface area contributed by atoms with Gasteiger partial charge in [-0.05, 0) is 18.7 Å². The highest BCUT2D eigenvalue weighted by Gasteiger charge is 2.12. The average Bonchev–Trinajstić information content (AvgIpc) is 2.94. The molecule has 1 aromatic carbocycles. The van der Waals surface area contributed by atoms with Crippen molar-refractivity contribution >= 4 is 29.3 Å². The summed E-state index contributed by atoms with van der Waals surface area (Å²) < 4.78 is 1.65. The van der Waals surface area contributed by atoms with E-state index in [9.17, 15) is 9.59 Å². The molecule has 0 atom stereocenters. The molecule has 2 rings (SSSR count). The fourth-order valence-corrected chi connectivity index (χ4v) is 2.34. The van der Waals surface area contributed by atoms with Crippen molar-refractivity contribution in [2.75, 3.05) is 25.5 Å². The van der Waals surface area contributed by atoms with E-state index in [-0.39, 0.29) is 18.9 Å². The number of nitrogens with zero attached hydrogens (tertiary/aromatic N) is 3. The van der Waals surface area contributed by atoms with E-state index in [4.69, 9.17) is 16.7 Å². The predicted molar refractivity (Wildman–Crippen MR) is 91.2 cm³/mol. The number of carboxylic acids is 1. The van der Waals surface area contributed by atoms with Gasteiger partial charge in [0.05, 0.1) is 25.7 Å². The molecule has 0 saturated heterocycles. The van der Waals surface area contributed by atoms with Crippen molar-refractivity contribution in [1.82, 2.24) is 14.7 Å². The maximum absolute atomic E-state index is 12.1. The van der Waals surface area contributed by atoms with Crippen molar-refractivity contribution in [3.05, 3.63) is 47.1 Å². The zero-order valence-electron chi connectivity index (χ0n) is 13.3. The Bertz CT molecular complexity index is 717. The minimum atomic E-state index is -0.889. The predicted octanol–water partition coefficient (Wildman–Crippen LogP) is 1.93. The Morgan fingerprint density at radius 2 is 2.08 bits per heavy atom. The number of carboxylic acid groups (broad SMARTS) is 1. The van der Waals surface area contributed by atoms with Gasteiger partial charge in [-0.2, -0.15) is 5.10 Å². The van der Waals surface area contributed by atoms with E-state index < -0.39 is 5.97 Å². The topological polar surface area (TPSA) is 87.5 Å². The number of amides is 1. The summed E-state index contributed by atoms with van der Waals surface area (Å²) in [5.41, 5.74) is 0.900. The molecule has 2 aromatic rings. The summed E-state index contributed by atoms with van der Waals surface area (Å²) in [6, 6.07) is 9.14. The number of hydrogen-bond donors (Lipinski definition) is 2. The molecule has 0 bridgehead atoms. The summed E-state index contributed by atoms with van der Waals surface area (Å²) in [5.74, 6) is -0.560. The van der Waals surface area contributed by atoms with E-state index in [2.05, 4.69) is 10.4 Å². The van der Waals surface area contributed by atoms with Gasteiger partial charge in [0.15, 0.2) is 0 Å². The number of likely N-dealkylation sites (N-methyl/N-ethyl adjacent to an activating group) is 1. The van der Waals surface area contributed by atoms with Crippen LogP contribution in [0, 0.1) is 0 Å². The van der Waals surface area contributed by atoms with Crippen LogP contribution >= 0.6 is 11.6 Å². The third kappa shape index (κ3) is 5.36. The number of rotatable bonds is 8. The highest BCUT2D eigenvalue weighted by Crippen LogP contribution is 2.18. The van der Waals surface area contributed by atoms with E-state index in [1.165, 1.54) is 0 Å². The van der Waals surface area contributed by atoms with Crippen LogP contribution in [0.25, 0.3) is 0 Å². The molecule has 0 aliphatic rings. The molecule has 0 aliphatic heterocycles. The SMILES string of the molecule is CN(CCC(=O)O)CC(=O)Nc1ccnn1Cc1ccccc1Cl. The van der Waals surface area contributed by atoms with Gasteiger partial charge in [0.1, 0.15) is 5.82 Å². The van der Waals surface area contributed by atoms with E-state index in [1.807, 2.05) is 18.2 Å². The molecule has 0 unspecified atom stereocenters. The van der Waals surface area contributed by atoms with Gasteiger partial charge in [0.25, 0.3) is 0 Å². The van der Waals surface area contributed by atoms with Gasteiger partial charge in [-0.15, -0.1) is 0 Å². The van der Waals surface area contributed by atoms with E-state index in [0.717, 1.165) is 5.56 Å². The largest absolute Gasteiger partial charge is 0.481 e. The molecular weight excluding hydrogens is 332 g/mol. The van der Waals surface area contributed by atoms with Crippen LogP contribution in [0.5, 0.6) is 0 Å².